The average Bonchev–Trinajstić information content (AvgIpc) is 2.75. The highest BCUT2D eigenvalue weighted by molar-refractivity contribution is 5.75. The molecule has 0 radical (unpaired) electrons. The SMILES string of the molecule is CCCCCC(CC)C(=O)OCCCCCC(=O)OCC(O)COC(=O)C(C)(C)CC. The standard InChI is InChI=1S/C24H44O7/c1-6-9-11-14-19(7-2)22(27)29-16-13-10-12-15-21(26)30-17-20(25)18-31-23(28)24(4,5)8-3/h19-20,25H,6-18H2,1-5H3. The molecule has 7 nitrogen and oxygen atoms in total. The zero-order valence-electron chi connectivity index (χ0n) is 20.2. The van der Waals surface area contributed by atoms with Crippen LogP contribution in [0.4, 0.5) is 0 Å². The van der Waals surface area contributed by atoms with Crippen molar-refractivity contribution in [2.45, 2.75) is 105 Å². The molecule has 0 amide bonds. The van der Waals surface area contributed by atoms with Gasteiger partial charge in [-0.25, -0.2) is 0 Å². The molecule has 31 heavy (non-hydrogen) atoms. The van der Waals surface area contributed by atoms with Gasteiger partial charge in [-0.2, -0.15) is 0 Å². The Kier molecular flexibility index (Phi) is 16.1. The van der Waals surface area contributed by atoms with Crippen molar-refractivity contribution in [2.24, 2.45) is 11.3 Å². The largest absolute Gasteiger partial charge is 0.465 e. The molecule has 0 saturated heterocycles. The van der Waals surface area contributed by atoms with E-state index in [1.807, 2.05) is 13.8 Å². The number of aliphatic hydroxyl groups excluding tert-OH is 1. The van der Waals surface area contributed by atoms with Crippen LogP contribution in [0.3, 0.4) is 0 Å². The second kappa shape index (κ2) is 17.0. The Balaban J connectivity index is 3.81. The summed E-state index contributed by atoms with van der Waals surface area (Å²) in [7, 11) is 0. The van der Waals surface area contributed by atoms with Gasteiger partial charge in [0.25, 0.3) is 0 Å². The van der Waals surface area contributed by atoms with Gasteiger partial charge in [0.2, 0.25) is 0 Å². The lowest BCUT2D eigenvalue weighted by Gasteiger charge is -2.21. The molecule has 7 heteroatoms. The summed E-state index contributed by atoms with van der Waals surface area (Å²) in [6.07, 6.45) is 6.93. The fourth-order valence-electron chi connectivity index (χ4n) is 2.79. The van der Waals surface area contributed by atoms with Crippen molar-refractivity contribution in [3.63, 3.8) is 0 Å². The summed E-state index contributed by atoms with van der Waals surface area (Å²) in [5.41, 5.74) is -0.600. The van der Waals surface area contributed by atoms with Gasteiger partial charge in [0.05, 0.1) is 17.9 Å². The molecule has 2 unspecified atom stereocenters. The van der Waals surface area contributed by atoms with Crippen molar-refractivity contribution in [3.05, 3.63) is 0 Å². The highest BCUT2D eigenvalue weighted by atomic mass is 16.6. The molecule has 0 aromatic carbocycles. The molecule has 0 aliphatic heterocycles. The number of hydrogen-bond donors (Lipinski definition) is 1. The fraction of sp³-hybridized carbons (Fsp3) is 0.875. The molecule has 0 aliphatic rings. The molecule has 1 N–H and O–H groups in total. The van der Waals surface area contributed by atoms with Gasteiger partial charge in [0, 0.05) is 6.42 Å². The Labute approximate surface area is 188 Å². The predicted molar refractivity (Wildman–Crippen MR) is 119 cm³/mol. The summed E-state index contributed by atoms with van der Waals surface area (Å²) in [5, 5.41) is 9.81. The summed E-state index contributed by atoms with van der Waals surface area (Å²) in [6, 6.07) is 0. The van der Waals surface area contributed by atoms with E-state index in [0.29, 0.717) is 25.9 Å². The first-order chi connectivity index (χ1) is 14.7. The van der Waals surface area contributed by atoms with E-state index in [1.54, 1.807) is 13.8 Å². The van der Waals surface area contributed by atoms with E-state index < -0.39 is 17.5 Å². The van der Waals surface area contributed by atoms with Crippen LogP contribution in [0.25, 0.3) is 0 Å². The summed E-state index contributed by atoms with van der Waals surface area (Å²) in [4.78, 5) is 35.7. The van der Waals surface area contributed by atoms with E-state index in [2.05, 4.69) is 6.92 Å². The summed E-state index contributed by atoms with van der Waals surface area (Å²) in [5.74, 6) is -0.916. The fourth-order valence-corrected chi connectivity index (χ4v) is 2.79. The maximum absolute atomic E-state index is 12.1. The van der Waals surface area contributed by atoms with Gasteiger partial charge in [-0.05, 0) is 52.4 Å². The van der Waals surface area contributed by atoms with E-state index in [4.69, 9.17) is 14.2 Å². The summed E-state index contributed by atoms with van der Waals surface area (Å²) >= 11 is 0. The number of carbonyl (C=O) groups is 3. The predicted octanol–water partition coefficient (Wildman–Crippen LogP) is 4.58. The lowest BCUT2D eigenvalue weighted by atomic mass is 9.91. The third-order valence-corrected chi connectivity index (χ3v) is 5.53. The monoisotopic (exact) mass is 444 g/mol. The normalized spacial score (nSPS) is 13.4. The van der Waals surface area contributed by atoms with E-state index in [-0.39, 0.29) is 37.5 Å². The van der Waals surface area contributed by atoms with Crippen LogP contribution in [0.5, 0.6) is 0 Å². The van der Waals surface area contributed by atoms with Crippen molar-refractivity contribution >= 4 is 17.9 Å². The van der Waals surface area contributed by atoms with Crippen LogP contribution < -0.4 is 0 Å². The molecule has 0 aromatic heterocycles. The Morgan fingerprint density at radius 1 is 0.871 bits per heavy atom. The Morgan fingerprint density at radius 3 is 2.16 bits per heavy atom. The molecule has 0 spiro atoms. The molecule has 0 rings (SSSR count). The maximum Gasteiger partial charge on any atom is 0.311 e. The van der Waals surface area contributed by atoms with Crippen LogP contribution in [-0.2, 0) is 28.6 Å². The van der Waals surface area contributed by atoms with E-state index in [1.165, 1.54) is 0 Å². The number of aliphatic hydroxyl groups is 1. The van der Waals surface area contributed by atoms with Crippen molar-refractivity contribution in [1.82, 2.24) is 0 Å². The van der Waals surface area contributed by atoms with E-state index in [0.717, 1.165) is 38.5 Å². The molecule has 0 heterocycles. The molecule has 2 atom stereocenters. The average molecular weight is 445 g/mol. The molecule has 0 bridgehead atoms. The van der Waals surface area contributed by atoms with Crippen molar-refractivity contribution in [3.8, 4) is 0 Å². The van der Waals surface area contributed by atoms with Crippen molar-refractivity contribution < 1.29 is 33.7 Å². The van der Waals surface area contributed by atoms with Crippen LogP contribution in [0.15, 0.2) is 0 Å². The van der Waals surface area contributed by atoms with Crippen molar-refractivity contribution in [2.75, 3.05) is 19.8 Å². The van der Waals surface area contributed by atoms with Gasteiger partial charge in [0.15, 0.2) is 0 Å². The minimum atomic E-state index is -1.04. The molecule has 0 aliphatic carbocycles. The first-order valence-electron chi connectivity index (χ1n) is 11.8. The van der Waals surface area contributed by atoms with Gasteiger partial charge in [-0.1, -0.05) is 40.0 Å². The highest BCUT2D eigenvalue weighted by Gasteiger charge is 2.27. The van der Waals surface area contributed by atoms with Crippen LogP contribution in [0.2, 0.25) is 0 Å². The second-order valence-corrected chi connectivity index (χ2v) is 8.75. The molecule has 0 aromatic rings. The number of carbonyl (C=O) groups excluding carboxylic acids is 3. The Hall–Kier alpha value is -1.63. The molecule has 0 saturated carbocycles. The zero-order valence-corrected chi connectivity index (χ0v) is 20.2. The number of esters is 3. The second-order valence-electron chi connectivity index (χ2n) is 8.75. The summed E-state index contributed by atoms with van der Waals surface area (Å²) in [6.45, 7) is 9.57. The van der Waals surface area contributed by atoms with Gasteiger partial charge in [0.1, 0.15) is 19.3 Å². The third kappa shape index (κ3) is 14.1. The first-order valence-corrected chi connectivity index (χ1v) is 11.8. The van der Waals surface area contributed by atoms with Gasteiger partial charge < -0.3 is 19.3 Å². The van der Waals surface area contributed by atoms with Crippen LogP contribution >= 0.6 is 0 Å². The van der Waals surface area contributed by atoms with Gasteiger partial charge >= 0.3 is 17.9 Å². The lowest BCUT2D eigenvalue weighted by molar-refractivity contribution is -0.160. The van der Waals surface area contributed by atoms with Gasteiger partial charge in [-0.15, -0.1) is 0 Å². The molecule has 0 fully saturated rings. The minimum absolute atomic E-state index is 0.0136. The van der Waals surface area contributed by atoms with Crippen LogP contribution in [-0.4, -0.2) is 48.9 Å². The minimum Gasteiger partial charge on any atom is -0.465 e. The number of ether oxygens (including phenoxy) is 3. The number of hydrogen-bond acceptors (Lipinski definition) is 7. The van der Waals surface area contributed by atoms with Crippen LogP contribution in [0.1, 0.15) is 98.8 Å². The quantitative estimate of drug-likeness (QED) is 0.188. The topological polar surface area (TPSA) is 99.1 Å². The molecule has 182 valence electrons. The zero-order chi connectivity index (χ0) is 23.7. The third-order valence-electron chi connectivity index (χ3n) is 5.53. The first kappa shape index (κ1) is 29.4. The Bertz CT molecular complexity index is 516. The molecular formula is C24H44O7. The van der Waals surface area contributed by atoms with Crippen LogP contribution in [0, 0.1) is 11.3 Å². The Morgan fingerprint density at radius 2 is 1.55 bits per heavy atom. The lowest BCUT2D eigenvalue weighted by Crippen LogP contribution is -2.31. The molecular weight excluding hydrogens is 400 g/mol. The summed E-state index contributed by atoms with van der Waals surface area (Å²) < 4.78 is 15.4. The van der Waals surface area contributed by atoms with E-state index in [9.17, 15) is 19.5 Å². The highest BCUT2D eigenvalue weighted by Crippen LogP contribution is 2.21. The van der Waals surface area contributed by atoms with E-state index >= 15 is 0 Å². The number of unbranched alkanes of at least 4 members (excludes halogenated alkanes) is 4. The number of rotatable bonds is 18. The van der Waals surface area contributed by atoms with Gasteiger partial charge in [-0.3, -0.25) is 14.4 Å². The smallest absolute Gasteiger partial charge is 0.311 e. The van der Waals surface area contributed by atoms with Crippen molar-refractivity contribution in [1.29, 1.82) is 0 Å². The maximum atomic E-state index is 12.1.